The molecule has 0 bridgehead atoms. The standard InChI is InChI=1S/C24H22ClF4N5O5/c1-10-5-12(21(37)32-10)6-17(19(35)23(39)30-2)34-22(38)13-7-14(25)15(26)8-16(13)33-20(36)11-3-4-18(31-9-11)24(27,28)29/h3-4,7-10,12,17H,5-6H2,1-2H3,(H,30,39)(H,32,37)(H,33,36)(H,34,38)/t10-,12+,17?/m1/s1. The Morgan fingerprint density at radius 3 is 2.41 bits per heavy atom. The largest absolute Gasteiger partial charge is 0.433 e. The minimum atomic E-state index is -4.74. The zero-order valence-corrected chi connectivity index (χ0v) is 21.2. The average Bonchev–Trinajstić information content (AvgIpc) is 3.20. The second kappa shape index (κ2) is 11.8. The summed E-state index contributed by atoms with van der Waals surface area (Å²) >= 11 is 5.82. The number of pyridine rings is 1. The van der Waals surface area contributed by atoms with Gasteiger partial charge < -0.3 is 21.3 Å². The number of amides is 4. The van der Waals surface area contributed by atoms with Crippen LogP contribution in [0.5, 0.6) is 0 Å². The smallest absolute Gasteiger partial charge is 0.353 e. The van der Waals surface area contributed by atoms with Crippen LogP contribution in [-0.2, 0) is 20.6 Å². The molecule has 1 aromatic carbocycles. The number of hydrogen-bond donors (Lipinski definition) is 4. The monoisotopic (exact) mass is 571 g/mol. The lowest BCUT2D eigenvalue weighted by Crippen LogP contribution is -2.48. The third-order valence-corrected chi connectivity index (χ3v) is 6.15. The summed E-state index contributed by atoms with van der Waals surface area (Å²) in [5, 5.41) is 8.84. The predicted octanol–water partition coefficient (Wildman–Crippen LogP) is 2.47. The Bertz CT molecular complexity index is 1320. The van der Waals surface area contributed by atoms with Crippen molar-refractivity contribution in [2.24, 2.45) is 5.92 Å². The molecule has 2 aromatic rings. The highest BCUT2D eigenvalue weighted by Crippen LogP contribution is 2.28. The van der Waals surface area contributed by atoms with E-state index in [9.17, 15) is 41.5 Å². The van der Waals surface area contributed by atoms with Gasteiger partial charge in [-0.05, 0) is 44.0 Å². The van der Waals surface area contributed by atoms with E-state index < -0.39 is 69.4 Å². The maximum Gasteiger partial charge on any atom is 0.433 e. The van der Waals surface area contributed by atoms with Crippen LogP contribution in [0.1, 0.15) is 46.2 Å². The molecule has 1 aliphatic rings. The fraction of sp³-hybridized carbons (Fsp3) is 0.333. The van der Waals surface area contributed by atoms with Crippen LogP contribution >= 0.6 is 11.6 Å². The molecule has 0 saturated carbocycles. The molecule has 2 heterocycles. The molecule has 3 rings (SSSR count). The quantitative estimate of drug-likeness (QED) is 0.283. The van der Waals surface area contributed by atoms with E-state index in [1.54, 1.807) is 6.92 Å². The fourth-order valence-corrected chi connectivity index (χ4v) is 4.08. The second-order valence-electron chi connectivity index (χ2n) is 8.74. The van der Waals surface area contributed by atoms with Crippen molar-refractivity contribution in [1.29, 1.82) is 0 Å². The molecule has 4 amide bonds. The Hall–Kier alpha value is -4.07. The first-order valence-electron chi connectivity index (χ1n) is 11.4. The van der Waals surface area contributed by atoms with E-state index in [0.29, 0.717) is 24.8 Å². The van der Waals surface area contributed by atoms with Gasteiger partial charge in [0, 0.05) is 25.2 Å². The molecule has 4 N–H and O–H groups in total. The number of alkyl halides is 3. The highest BCUT2D eigenvalue weighted by Gasteiger charge is 2.36. The molecule has 0 radical (unpaired) electrons. The minimum absolute atomic E-state index is 0.189. The summed E-state index contributed by atoms with van der Waals surface area (Å²) in [7, 11) is 1.20. The van der Waals surface area contributed by atoms with Crippen molar-refractivity contribution in [2.75, 3.05) is 12.4 Å². The van der Waals surface area contributed by atoms with Crippen molar-refractivity contribution < 1.29 is 41.5 Å². The summed E-state index contributed by atoms with van der Waals surface area (Å²) in [6.07, 6.45) is -3.96. The second-order valence-corrected chi connectivity index (χ2v) is 9.15. The summed E-state index contributed by atoms with van der Waals surface area (Å²) in [6, 6.07) is 1.31. The molecular weight excluding hydrogens is 550 g/mol. The van der Waals surface area contributed by atoms with Crippen molar-refractivity contribution in [3.05, 3.63) is 58.1 Å². The van der Waals surface area contributed by atoms with Gasteiger partial charge in [-0.2, -0.15) is 13.2 Å². The lowest BCUT2D eigenvalue weighted by molar-refractivity contribution is -0.141. The van der Waals surface area contributed by atoms with Crippen LogP contribution in [0.2, 0.25) is 5.02 Å². The van der Waals surface area contributed by atoms with Crippen molar-refractivity contribution in [3.8, 4) is 0 Å². The number of benzene rings is 1. The molecule has 208 valence electrons. The third kappa shape index (κ3) is 7.07. The van der Waals surface area contributed by atoms with Crippen molar-refractivity contribution in [1.82, 2.24) is 20.9 Å². The van der Waals surface area contributed by atoms with Gasteiger partial charge in [-0.3, -0.25) is 29.0 Å². The zero-order chi connectivity index (χ0) is 29.1. The lowest BCUT2D eigenvalue weighted by atomic mass is 9.93. The van der Waals surface area contributed by atoms with Crippen LogP contribution in [0, 0.1) is 11.7 Å². The highest BCUT2D eigenvalue weighted by molar-refractivity contribution is 6.38. The number of nitrogens with one attached hydrogen (secondary N) is 4. The van der Waals surface area contributed by atoms with E-state index in [4.69, 9.17) is 11.6 Å². The van der Waals surface area contributed by atoms with Gasteiger partial charge >= 0.3 is 6.18 Å². The van der Waals surface area contributed by atoms with Gasteiger partial charge in [0.1, 0.15) is 11.5 Å². The van der Waals surface area contributed by atoms with Crippen molar-refractivity contribution in [2.45, 2.75) is 38.0 Å². The molecule has 1 unspecified atom stereocenters. The Morgan fingerprint density at radius 1 is 1.18 bits per heavy atom. The average molecular weight is 572 g/mol. The number of anilines is 1. The Kier molecular flexibility index (Phi) is 8.89. The van der Waals surface area contributed by atoms with E-state index in [0.717, 1.165) is 12.1 Å². The Labute approximate surface area is 223 Å². The molecule has 1 saturated heterocycles. The first-order valence-corrected chi connectivity index (χ1v) is 11.8. The number of rotatable bonds is 8. The topological polar surface area (TPSA) is 146 Å². The van der Waals surface area contributed by atoms with Crippen LogP contribution in [0.15, 0.2) is 30.5 Å². The summed E-state index contributed by atoms with van der Waals surface area (Å²) in [4.78, 5) is 65.9. The van der Waals surface area contributed by atoms with Gasteiger partial charge in [-0.15, -0.1) is 0 Å². The Morgan fingerprint density at radius 2 is 1.87 bits per heavy atom. The summed E-state index contributed by atoms with van der Waals surface area (Å²) < 4.78 is 52.5. The van der Waals surface area contributed by atoms with E-state index in [1.807, 2.05) is 0 Å². The number of carbonyl (C=O) groups excluding carboxylic acids is 5. The van der Waals surface area contributed by atoms with Crippen molar-refractivity contribution >= 4 is 46.7 Å². The number of Topliss-reactive ketones (excluding diaryl/α,β-unsaturated/α-hetero) is 1. The highest BCUT2D eigenvalue weighted by atomic mass is 35.5. The van der Waals surface area contributed by atoms with Gasteiger partial charge in [-0.1, -0.05) is 11.6 Å². The summed E-state index contributed by atoms with van der Waals surface area (Å²) in [5.41, 5.74) is -2.43. The van der Waals surface area contributed by atoms with E-state index in [-0.39, 0.29) is 23.9 Å². The third-order valence-electron chi connectivity index (χ3n) is 5.86. The SMILES string of the molecule is CNC(=O)C(=O)C(C[C@@H]1C[C@@H](C)NC1=O)NC(=O)c1cc(Cl)c(F)cc1NC(=O)c1ccc(C(F)(F)F)nc1. The normalized spacial score (nSPS) is 17.7. The number of aromatic nitrogens is 1. The molecule has 3 atom stereocenters. The molecule has 15 heteroatoms. The molecule has 1 fully saturated rings. The maximum absolute atomic E-state index is 14.2. The number of carbonyl (C=O) groups is 5. The number of hydrogen-bond acceptors (Lipinski definition) is 6. The van der Waals surface area contributed by atoms with Gasteiger partial charge in [0.25, 0.3) is 17.7 Å². The summed E-state index contributed by atoms with van der Waals surface area (Å²) in [6.45, 7) is 1.74. The van der Waals surface area contributed by atoms with Gasteiger partial charge in [0.15, 0.2) is 0 Å². The molecule has 1 aromatic heterocycles. The number of ketones is 1. The van der Waals surface area contributed by atoms with E-state index in [1.165, 1.54) is 7.05 Å². The van der Waals surface area contributed by atoms with Crippen LogP contribution in [0.3, 0.4) is 0 Å². The number of likely N-dealkylation sites (N-methyl/N-ethyl adjacent to an activating group) is 1. The van der Waals surface area contributed by atoms with Gasteiger partial charge in [0.05, 0.1) is 27.9 Å². The van der Waals surface area contributed by atoms with Crippen LogP contribution in [0.4, 0.5) is 23.2 Å². The zero-order valence-electron chi connectivity index (χ0n) is 20.4. The predicted molar refractivity (Wildman–Crippen MR) is 129 cm³/mol. The summed E-state index contributed by atoms with van der Waals surface area (Å²) in [5.74, 6) is -6.26. The first kappa shape index (κ1) is 29.5. The van der Waals surface area contributed by atoms with E-state index >= 15 is 0 Å². The molecule has 39 heavy (non-hydrogen) atoms. The minimum Gasteiger partial charge on any atom is -0.353 e. The molecule has 0 spiro atoms. The molecule has 0 aliphatic carbocycles. The van der Waals surface area contributed by atoms with Crippen LogP contribution in [-0.4, -0.2) is 53.5 Å². The van der Waals surface area contributed by atoms with Gasteiger partial charge in [-0.25, -0.2) is 4.39 Å². The lowest BCUT2D eigenvalue weighted by Gasteiger charge is -2.20. The number of nitrogens with zero attached hydrogens (tertiary/aromatic N) is 1. The molecular formula is C24H22ClF4N5O5. The molecule has 10 nitrogen and oxygen atoms in total. The fourth-order valence-electron chi connectivity index (χ4n) is 3.92. The van der Waals surface area contributed by atoms with Crippen molar-refractivity contribution in [3.63, 3.8) is 0 Å². The number of halogens is 5. The first-order chi connectivity index (χ1) is 18.2. The van der Waals surface area contributed by atoms with Gasteiger partial charge in [0.2, 0.25) is 11.7 Å². The van der Waals surface area contributed by atoms with Crippen LogP contribution in [0.25, 0.3) is 0 Å². The Balaban J connectivity index is 1.88. The van der Waals surface area contributed by atoms with Crippen LogP contribution < -0.4 is 21.3 Å². The maximum atomic E-state index is 14.2. The molecule has 1 aliphatic heterocycles. The van der Waals surface area contributed by atoms with E-state index in [2.05, 4.69) is 26.3 Å².